The van der Waals surface area contributed by atoms with E-state index in [9.17, 15) is 36.2 Å². The van der Waals surface area contributed by atoms with Gasteiger partial charge in [-0.15, -0.1) is 0 Å². The number of aliphatic carboxylic acids is 3. The van der Waals surface area contributed by atoms with Gasteiger partial charge < -0.3 is 30.5 Å². The number of ether oxygens (including phenoxy) is 1. The van der Waals surface area contributed by atoms with Crippen molar-refractivity contribution in [3.8, 4) is 5.75 Å². The van der Waals surface area contributed by atoms with Crippen LogP contribution in [0.15, 0.2) is 42.5 Å². The number of hydrogen-bond acceptors (Lipinski definition) is 7. The number of rotatable bonds is 10. The summed E-state index contributed by atoms with van der Waals surface area (Å²) < 4.78 is 69.2. The monoisotopic (exact) mass is 654 g/mol. The van der Waals surface area contributed by atoms with E-state index >= 15 is 0 Å². The first-order valence-electron chi connectivity index (χ1n) is 13.5. The number of likely N-dealkylation sites (tertiary alicyclic amines) is 1. The van der Waals surface area contributed by atoms with Crippen molar-refractivity contribution in [3.05, 3.63) is 64.7 Å². The summed E-state index contributed by atoms with van der Waals surface area (Å²) in [5.41, 5.74) is 4.67. The van der Waals surface area contributed by atoms with Gasteiger partial charge >= 0.3 is 30.3 Å². The van der Waals surface area contributed by atoms with Crippen LogP contribution < -0.4 is 10.1 Å². The molecule has 0 spiro atoms. The number of carboxylic acid groups (broad SMARTS) is 3. The Balaban J connectivity index is 0.000000601. The zero-order valence-electron chi connectivity index (χ0n) is 24.5. The predicted octanol–water partition coefficient (Wildman–Crippen LogP) is 4.19. The molecule has 1 atom stereocenters. The summed E-state index contributed by atoms with van der Waals surface area (Å²) in [7, 11) is 0. The van der Waals surface area contributed by atoms with E-state index in [1.807, 2.05) is 0 Å². The molecule has 1 heterocycles. The van der Waals surface area contributed by atoms with Crippen LogP contribution >= 0.6 is 0 Å². The van der Waals surface area contributed by atoms with Gasteiger partial charge in [-0.25, -0.2) is 9.59 Å². The SMILES string of the molecule is Cc1ccc(C)c(CN2CCC(NC[C@H](O)COc3ccccc3CC(=O)O)CC2)c1.O=C(O)C(F)(F)F.O=C(O)C(F)(F)F. The van der Waals surface area contributed by atoms with E-state index in [0.29, 0.717) is 23.9 Å². The lowest BCUT2D eigenvalue weighted by Crippen LogP contribution is -2.45. The molecule has 45 heavy (non-hydrogen) atoms. The first-order valence-corrected chi connectivity index (χ1v) is 13.5. The van der Waals surface area contributed by atoms with E-state index < -0.39 is 36.4 Å². The number of benzene rings is 2. The molecule has 252 valence electrons. The lowest BCUT2D eigenvalue weighted by Gasteiger charge is -2.33. The van der Waals surface area contributed by atoms with Crippen molar-refractivity contribution in [1.29, 1.82) is 0 Å². The minimum absolute atomic E-state index is 0.0921. The minimum Gasteiger partial charge on any atom is -0.491 e. The van der Waals surface area contributed by atoms with Crippen molar-refractivity contribution in [1.82, 2.24) is 10.2 Å². The Kier molecular flexibility index (Phi) is 15.8. The Hall–Kier alpha value is -3.89. The smallest absolute Gasteiger partial charge is 0.490 e. The first kappa shape index (κ1) is 39.1. The number of nitrogens with one attached hydrogen (secondary N) is 1. The van der Waals surface area contributed by atoms with Crippen molar-refractivity contribution < 1.29 is 65.9 Å². The fourth-order valence-electron chi connectivity index (χ4n) is 4.01. The van der Waals surface area contributed by atoms with Crippen LogP contribution in [0.4, 0.5) is 26.3 Å². The van der Waals surface area contributed by atoms with Gasteiger partial charge in [-0.3, -0.25) is 9.69 Å². The molecule has 0 amide bonds. The highest BCUT2D eigenvalue weighted by molar-refractivity contribution is 5.73. The highest BCUT2D eigenvalue weighted by Gasteiger charge is 2.38. The van der Waals surface area contributed by atoms with Crippen molar-refractivity contribution in [2.24, 2.45) is 0 Å². The number of carbonyl (C=O) groups is 3. The number of carboxylic acids is 3. The Morgan fingerprint density at radius 3 is 1.96 bits per heavy atom. The van der Waals surface area contributed by atoms with Crippen molar-refractivity contribution >= 4 is 17.9 Å². The normalized spacial score (nSPS) is 14.7. The van der Waals surface area contributed by atoms with E-state index in [0.717, 1.165) is 32.5 Å². The average molecular weight is 655 g/mol. The number of aliphatic hydroxyl groups excluding tert-OH is 1. The van der Waals surface area contributed by atoms with Gasteiger partial charge in [-0.2, -0.15) is 26.3 Å². The average Bonchev–Trinajstić information content (AvgIpc) is 2.93. The number of piperidine rings is 1. The molecule has 0 aromatic heterocycles. The van der Waals surface area contributed by atoms with Gasteiger partial charge in [0.2, 0.25) is 0 Å². The third-order valence-electron chi connectivity index (χ3n) is 6.36. The molecule has 3 rings (SSSR count). The Bertz CT molecular complexity index is 1220. The molecule has 2 aromatic carbocycles. The summed E-state index contributed by atoms with van der Waals surface area (Å²) in [6, 6.07) is 14.1. The zero-order valence-corrected chi connectivity index (χ0v) is 24.5. The van der Waals surface area contributed by atoms with E-state index in [2.05, 4.69) is 42.3 Å². The molecule has 1 fully saturated rings. The third-order valence-corrected chi connectivity index (χ3v) is 6.36. The molecule has 1 aliphatic heterocycles. The van der Waals surface area contributed by atoms with Crippen LogP contribution in [-0.2, 0) is 27.3 Å². The van der Waals surface area contributed by atoms with Gasteiger partial charge in [0.25, 0.3) is 0 Å². The maximum Gasteiger partial charge on any atom is 0.490 e. The largest absolute Gasteiger partial charge is 0.491 e. The van der Waals surface area contributed by atoms with Crippen LogP contribution in [0.25, 0.3) is 0 Å². The summed E-state index contributed by atoms with van der Waals surface area (Å²) in [6.07, 6.45) is -8.80. The molecule has 0 unspecified atom stereocenters. The van der Waals surface area contributed by atoms with Crippen LogP contribution in [0.3, 0.4) is 0 Å². The topological polar surface area (TPSA) is 157 Å². The fourth-order valence-corrected chi connectivity index (χ4v) is 4.01. The van der Waals surface area contributed by atoms with Gasteiger partial charge in [0.15, 0.2) is 0 Å². The Morgan fingerprint density at radius 2 is 1.44 bits per heavy atom. The van der Waals surface area contributed by atoms with Crippen LogP contribution in [-0.4, -0.2) is 94.0 Å². The molecule has 5 N–H and O–H groups in total. The van der Waals surface area contributed by atoms with Gasteiger partial charge in [0.1, 0.15) is 18.5 Å². The first-order chi connectivity index (χ1) is 20.8. The van der Waals surface area contributed by atoms with Gasteiger partial charge in [-0.1, -0.05) is 42.0 Å². The van der Waals surface area contributed by atoms with Gasteiger partial charge in [0.05, 0.1) is 6.42 Å². The summed E-state index contributed by atoms with van der Waals surface area (Å²) in [5, 5.41) is 37.0. The summed E-state index contributed by atoms with van der Waals surface area (Å²) >= 11 is 0. The fraction of sp³-hybridized carbons (Fsp3) is 0.483. The third kappa shape index (κ3) is 16.1. The number of para-hydroxylation sites is 1. The molecule has 2 aromatic rings. The molecule has 1 saturated heterocycles. The zero-order chi connectivity index (χ0) is 34.4. The second-order valence-electron chi connectivity index (χ2n) is 10.1. The van der Waals surface area contributed by atoms with Crippen LogP contribution in [0, 0.1) is 13.8 Å². The molecule has 0 radical (unpaired) electrons. The second kappa shape index (κ2) is 18.2. The standard InChI is InChI=1S/C25H34N2O4.2C2HF3O2/c1-18-7-8-19(2)21(13-18)16-27-11-9-22(10-12-27)26-15-23(28)17-31-24-6-4-3-5-20(24)14-25(29)30;2*3-2(4,5)1(6)7/h3-8,13,22-23,26,28H,9-12,14-17H2,1-2H3,(H,29,30);2*(H,6,7)/t23-;;/m0../s1. The number of aliphatic hydroxyl groups is 1. The highest BCUT2D eigenvalue weighted by atomic mass is 19.4. The molecule has 10 nitrogen and oxygen atoms in total. The van der Waals surface area contributed by atoms with Crippen molar-refractivity contribution in [3.63, 3.8) is 0 Å². The van der Waals surface area contributed by atoms with E-state index in [4.69, 9.17) is 29.6 Å². The summed E-state index contributed by atoms with van der Waals surface area (Å²) in [6.45, 7) is 7.98. The summed E-state index contributed by atoms with van der Waals surface area (Å²) in [4.78, 5) is 31.3. The van der Waals surface area contributed by atoms with Crippen molar-refractivity contribution in [2.45, 2.75) is 64.2 Å². The molecule has 0 aliphatic carbocycles. The van der Waals surface area contributed by atoms with Crippen LogP contribution in [0.2, 0.25) is 0 Å². The highest BCUT2D eigenvalue weighted by Crippen LogP contribution is 2.20. The van der Waals surface area contributed by atoms with Crippen molar-refractivity contribution in [2.75, 3.05) is 26.2 Å². The van der Waals surface area contributed by atoms with Gasteiger partial charge in [0, 0.05) is 24.7 Å². The molecule has 1 aliphatic rings. The number of alkyl halides is 6. The lowest BCUT2D eigenvalue weighted by atomic mass is 10.0. The quantitative estimate of drug-likeness (QED) is 0.236. The molecular formula is C29H36F6N2O8. The lowest BCUT2D eigenvalue weighted by molar-refractivity contribution is -0.193. The Morgan fingerprint density at radius 1 is 0.911 bits per heavy atom. The Labute approximate surface area is 255 Å². The number of hydrogen-bond donors (Lipinski definition) is 5. The van der Waals surface area contributed by atoms with Crippen LogP contribution in [0.5, 0.6) is 5.75 Å². The minimum atomic E-state index is -5.08. The molecule has 0 saturated carbocycles. The van der Waals surface area contributed by atoms with E-state index in [1.165, 1.54) is 16.7 Å². The summed E-state index contributed by atoms with van der Waals surface area (Å²) in [5.74, 6) is -5.90. The molecular weight excluding hydrogens is 618 g/mol. The number of halogens is 6. The van der Waals surface area contributed by atoms with E-state index in [-0.39, 0.29) is 13.0 Å². The molecule has 0 bridgehead atoms. The predicted molar refractivity (Wildman–Crippen MR) is 149 cm³/mol. The number of nitrogens with zero attached hydrogens (tertiary/aromatic N) is 1. The maximum absolute atomic E-state index is 11.0. The maximum atomic E-state index is 11.0. The second-order valence-corrected chi connectivity index (χ2v) is 10.1. The van der Waals surface area contributed by atoms with E-state index in [1.54, 1.807) is 24.3 Å². The molecule has 16 heteroatoms. The number of aryl methyl sites for hydroxylation is 2. The van der Waals surface area contributed by atoms with Gasteiger partial charge in [-0.05, 0) is 57.0 Å². The van der Waals surface area contributed by atoms with Crippen LogP contribution in [0.1, 0.15) is 35.1 Å².